The number of hydrogen-bond acceptors (Lipinski definition) is 3. The molecule has 0 aliphatic rings. The molecule has 0 aromatic heterocycles. The molecular formula is C21H24ClNO4. The molecule has 2 atom stereocenters. The fourth-order valence-corrected chi connectivity index (χ4v) is 2.87. The van der Waals surface area contributed by atoms with Crippen molar-refractivity contribution >= 4 is 23.5 Å². The molecule has 2 aromatic rings. The van der Waals surface area contributed by atoms with E-state index in [2.05, 4.69) is 19.2 Å². The molecular weight excluding hydrogens is 366 g/mol. The Morgan fingerprint density at radius 1 is 1.15 bits per heavy atom. The number of benzene rings is 2. The van der Waals surface area contributed by atoms with Gasteiger partial charge in [0, 0.05) is 5.02 Å². The van der Waals surface area contributed by atoms with Gasteiger partial charge < -0.3 is 15.2 Å². The predicted octanol–water partition coefficient (Wildman–Crippen LogP) is 4.56. The number of aliphatic carboxylic acids is 1. The Kier molecular flexibility index (Phi) is 7.67. The number of carbonyl (C=O) groups excluding carboxylic acids is 1. The first kappa shape index (κ1) is 20.8. The van der Waals surface area contributed by atoms with E-state index in [1.807, 2.05) is 24.3 Å². The molecule has 0 saturated carbocycles. The van der Waals surface area contributed by atoms with E-state index in [0.29, 0.717) is 22.3 Å². The van der Waals surface area contributed by atoms with Crippen molar-refractivity contribution in [2.24, 2.45) is 0 Å². The van der Waals surface area contributed by atoms with Crippen LogP contribution in [0.5, 0.6) is 5.75 Å². The van der Waals surface area contributed by atoms with Crippen molar-refractivity contribution in [3.63, 3.8) is 0 Å². The topological polar surface area (TPSA) is 75.6 Å². The minimum Gasteiger partial charge on any atom is -0.483 e. The van der Waals surface area contributed by atoms with Gasteiger partial charge in [0.2, 0.25) is 0 Å². The van der Waals surface area contributed by atoms with Crippen LogP contribution in [0.2, 0.25) is 5.02 Å². The van der Waals surface area contributed by atoms with Gasteiger partial charge in [-0.1, -0.05) is 55.8 Å². The summed E-state index contributed by atoms with van der Waals surface area (Å²) in [6.07, 6.45) is 0.737. The molecule has 2 rings (SSSR count). The Morgan fingerprint density at radius 3 is 2.44 bits per heavy atom. The monoisotopic (exact) mass is 389 g/mol. The lowest BCUT2D eigenvalue weighted by atomic mass is 9.98. The molecule has 0 heterocycles. The van der Waals surface area contributed by atoms with Gasteiger partial charge in [-0.15, -0.1) is 0 Å². The zero-order valence-electron chi connectivity index (χ0n) is 15.4. The highest BCUT2D eigenvalue weighted by Gasteiger charge is 2.19. The molecule has 0 unspecified atom stereocenters. The van der Waals surface area contributed by atoms with Gasteiger partial charge in [-0.05, 0) is 41.7 Å². The SMILES string of the molecule is CC[C@@H](C)c1ccccc1OCC(=O)N[C@@H](CC(=O)O)c1ccc(Cl)cc1. The predicted molar refractivity (Wildman–Crippen MR) is 105 cm³/mol. The normalized spacial score (nSPS) is 12.9. The minimum absolute atomic E-state index is 0.183. The van der Waals surface area contributed by atoms with Crippen molar-refractivity contribution in [2.45, 2.75) is 38.6 Å². The van der Waals surface area contributed by atoms with Crippen molar-refractivity contribution in [1.82, 2.24) is 5.32 Å². The number of ether oxygens (including phenoxy) is 1. The molecule has 2 aromatic carbocycles. The Balaban J connectivity index is 2.04. The quantitative estimate of drug-likeness (QED) is 0.659. The molecule has 6 heteroatoms. The molecule has 1 amide bonds. The summed E-state index contributed by atoms with van der Waals surface area (Å²) in [6.45, 7) is 4.01. The molecule has 0 aliphatic heterocycles. The second kappa shape index (κ2) is 9.97. The van der Waals surface area contributed by atoms with Crippen LogP contribution in [0.4, 0.5) is 0 Å². The maximum absolute atomic E-state index is 12.3. The number of rotatable bonds is 9. The van der Waals surface area contributed by atoms with Crippen LogP contribution in [-0.2, 0) is 9.59 Å². The molecule has 0 aliphatic carbocycles. The van der Waals surface area contributed by atoms with E-state index in [1.165, 1.54) is 0 Å². The lowest BCUT2D eigenvalue weighted by Gasteiger charge is -2.19. The molecule has 0 fully saturated rings. The number of carbonyl (C=O) groups is 2. The summed E-state index contributed by atoms with van der Waals surface area (Å²) < 4.78 is 5.70. The highest BCUT2D eigenvalue weighted by molar-refractivity contribution is 6.30. The van der Waals surface area contributed by atoms with Gasteiger partial charge in [0.1, 0.15) is 5.75 Å². The van der Waals surface area contributed by atoms with E-state index >= 15 is 0 Å². The van der Waals surface area contributed by atoms with E-state index in [1.54, 1.807) is 24.3 Å². The van der Waals surface area contributed by atoms with E-state index in [4.69, 9.17) is 21.4 Å². The summed E-state index contributed by atoms with van der Waals surface area (Å²) in [7, 11) is 0. The Labute approximate surface area is 164 Å². The standard InChI is InChI=1S/C21H24ClNO4/c1-3-14(2)17-6-4-5-7-19(17)27-13-20(24)23-18(12-21(25)26)15-8-10-16(22)11-9-15/h4-11,14,18H,3,12-13H2,1-2H3,(H,23,24)(H,25,26)/t14-,18+/m1/s1. The Morgan fingerprint density at radius 2 is 1.81 bits per heavy atom. The van der Waals surface area contributed by atoms with Gasteiger partial charge in [0.25, 0.3) is 5.91 Å². The lowest BCUT2D eigenvalue weighted by molar-refractivity contribution is -0.137. The zero-order valence-corrected chi connectivity index (χ0v) is 16.2. The third kappa shape index (κ3) is 6.29. The minimum atomic E-state index is -1.00. The highest BCUT2D eigenvalue weighted by atomic mass is 35.5. The van der Waals surface area contributed by atoms with E-state index in [-0.39, 0.29) is 18.9 Å². The fraction of sp³-hybridized carbons (Fsp3) is 0.333. The number of hydrogen-bond donors (Lipinski definition) is 2. The van der Waals surface area contributed by atoms with Crippen LogP contribution in [0.25, 0.3) is 0 Å². The molecule has 0 bridgehead atoms. The Hall–Kier alpha value is -2.53. The first-order valence-electron chi connectivity index (χ1n) is 8.89. The van der Waals surface area contributed by atoms with E-state index in [9.17, 15) is 9.59 Å². The number of para-hydroxylation sites is 1. The largest absolute Gasteiger partial charge is 0.483 e. The van der Waals surface area contributed by atoms with Crippen LogP contribution < -0.4 is 10.1 Å². The first-order chi connectivity index (χ1) is 12.9. The van der Waals surface area contributed by atoms with E-state index < -0.39 is 12.0 Å². The van der Waals surface area contributed by atoms with Gasteiger partial charge in [-0.3, -0.25) is 9.59 Å². The number of nitrogens with one attached hydrogen (secondary N) is 1. The average molecular weight is 390 g/mol. The molecule has 0 spiro atoms. The third-order valence-electron chi connectivity index (χ3n) is 4.41. The molecule has 5 nitrogen and oxygen atoms in total. The first-order valence-corrected chi connectivity index (χ1v) is 9.26. The molecule has 144 valence electrons. The van der Waals surface area contributed by atoms with Gasteiger partial charge in [-0.2, -0.15) is 0 Å². The third-order valence-corrected chi connectivity index (χ3v) is 4.66. The number of amides is 1. The van der Waals surface area contributed by atoms with Crippen LogP contribution in [0.1, 0.15) is 49.8 Å². The zero-order chi connectivity index (χ0) is 19.8. The average Bonchev–Trinajstić information content (AvgIpc) is 2.65. The molecule has 2 N–H and O–H groups in total. The van der Waals surface area contributed by atoms with Gasteiger partial charge in [0.15, 0.2) is 6.61 Å². The van der Waals surface area contributed by atoms with Crippen molar-refractivity contribution in [3.8, 4) is 5.75 Å². The van der Waals surface area contributed by atoms with Crippen LogP contribution >= 0.6 is 11.6 Å². The lowest BCUT2D eigenvalue weighted by Crippen LogP contribution is -2.34. The van der Waals surface area contributed by atoms with Crippen LogP contribution in [-0.4, -0.2) is 23.6 Å². The number of carboxylic acids is 1. The molecule has 0 saturated heterocycles. The van der Waals surface area contributed by atoms with Crippen molar-refractivity contribution < 1.29 is 19.4 Å². The second-order valence-corrected chi connectivity index (χ2v) is 6.84. The summed E-state index contributed by atoms with van der Waals surface area (Å²) in [4.78, 5) is 23.5. The van der Waals surface area contributed by atoms with Gasteiger partial charge in [-0.25, -0.2) is 0 Å². The van der Waals surface area contributed by atoms with Crippen LogP contribution in [0.3, 0.4) is 0 Å². The number of carboxylic acid groups (broad SMARTS) is 1. The molecule has 27 heavy (non-hydrogen) atoms. The van der Waals surface area contributed by atoms with E-state index in [0.717, 1.165) is 12.0 Å². The molecule has 0 radical (unpaired) electrons. The fourth-order valence-electron chi connectivity index (χ4n) is 2.74. The van der Waals surface area contributed by atoms with Crippen molar-refractivity contribution in [1.29, 1.82) is 0 Å². The Bertz CT molecular complexity index is 776. The summed E-state index contributed by atoms with van der Waals surface area (Å²) in [5.74, 6) is -0.394. The van der Waals surface area contributed by atoms with Gasteiger partial charge >= 0.3 is 5.97 Å². The second-order valence-electron chi connectivity index (χ2n) is 6.41. The van der Waals surface area contributed by atoms with Gasteiger partial charge in [0.05, 0.1) is 12.5 Å². The maximum atomic E-state index is 12.3. The van der Waals surface area contributed by atoms with Crippen molar-refractivity contribution in [3.05, 3.63) is 64.7 Å². The highest BCUT2D eigenvalue weighted by Crippen LogP contribution is 2.28. The summed E-state index contributed by atoms with van der Waals surface area (Å²) in [5.41, 5.74) is 1.72. The number of halogens is 1. The van der Waals surface area contributed by atoms with Crippen LogP contribution in [0.15, 0.2) is 48.5 Å². The van der Waals surface area contributed by atoms with Crippen molar-refractivity contribution in [2.75, 3.05) is 6.61 Å². The smallest absolute Gasteiger partial charge is 0.305 e. The summed E-state index contributed by atoms with van der Waals surface area (Å²) in [6, 6.07) is 13.7. The summed E-state index contributed by atoms with van der Waals surface area (Å²) >= 11 is 5.87. The maximum Gasteiger partial charge on any atom is 0.305 e. The summed E-state index contributed by atoms with van der Waals surface area (Å²) in [5, 5.41) is 12.4. The van der Waals surface area contributed by atoms with Crippen LogP contribution in [0, 0.1) is 0 Å².